The minimum Gasteiger partial charge on any atom is -0.497 e. The normalized spacial score (nSPS) is 16.6. The average Bonchev–Trinajstić information content (AvgIpc) is 3.09. The van der Waals surface area contributed by atoms with Gasteiger partial charge in [-0.1, -0.05) is 0 Å². The monoisotopic (exact) mass is 237 g/mol. The van der Waals surface area contributed by atoms with Crippen molar-refractivity contribution in [2.75, 3.05) is 13.7 Å². The first-order valence-corrected chi connectivity index (χ1v) is 5.52. The molecule has 17 heavy (non-hydrogen) atoms. The summed E-state index contributed by atoms with van der Waals surface area (Å²) in [7, 11) is 1.53. The van der Waals surface area contributed by atoms with Crippen LogP contribution in [-0.4, -0.2) is 23.7 Å². The van der Waals surface area contributed by atoms with Gasteiger partial charge in [0.1, 0.15) is 5.75 Å². The molecule has 1 aliphatic carbocycles. The third-order valence-electron chi connectivity index (χ3n) is 3.34. The molecule has 1 saturated carbocycles. The van der Waals surface area contributed by atoms with Gasteiger partial charge in [0, 0.05) is 18.2 Å². The summed E-state index contributed by atoms with van der Waals surface area (Å²) < 4.78 is 5.07. The Labute approximate surface area is 99.2 Å². The molecule has 0 radical (unpaired) electrons. The number of rotatable bonds is 5. The van der Waals surface area contributed by atoms with Gasteiger partial charge in [-0.15, -0.1) is 0 Å². The molecule has 0 atom stereocenters. The van der Waals surface area contributed by atoms with Crippen LogP contribution in [0.1, 0.15) is 18.4 Å². The van der Waals surface area contributed by atoms with Crippen LogP contribution in [0, 0.1) is 15.5 Å². The number of aliphatic hydroxyl groups excluding tert-OH is 1. The van der Waals surface area contributed by atoms with Gasteiger partial charge in [0.25, 0.3) is 5.69 Å². The van der Waals surface area contributed by atoms with Gasteiger partial charge in [-0.25, -0.2) is 0 Å². The summed E-state index contributed by atoms with van der Waals surface area (Å²) in [5.74, 6) is 0.610. The van der Waals surface area contributed by atoms with Crippen LogP contribution < -0.4 is 4.74 Å². The highest BCUT2D eigenvalue weighted by molar-refractivity contribution is 5.46. The molecule has 0 bridgehead atoms. The maximum absolute atomic E-state index is 10.9. The second kappa shape index (κ2) is 4.33. The number of methoxy groups -OCH3 is 1. The number of benzene rings is 1. The Balaban J connectivity index is 2.31. The lowest BCUT2D eigenvalue weighted by Crippen LogP contribution is -2.11. The summed E-state index contributed by atoms with van der Waals surface area (Å²) in [6.07, 6.45) is 2.40. The SMILES string of the molecule is COc1ccc([N+](=O)[O-])c(CC2(CO)CC2)c1. The molecule has 5 nitrogen and oxygen atoms in total. The standard InChI is InChI=1S/C12H15NO4/c1-17-10-2-3-11(13(15)16)9(6-10)7-12(8-14)4-5-12/h2-3,6,14H,4-5,7-8H2,1H3. The van der Waals surface area contributed by atoms with E-state index in [4.69, 9.17) is 4.74 Å². The minimum absolute atomic E-state index is 0.0847. The quantitative estimate of drug-likeness (QED) is 0.627. The van der Waals surface area contributed by atoms with Crippen LogP contribution >= 0.6 is 0 Å². The Hall–Kier alpha value is -1.62. The van der Waals surface area contributed by atoms with Crippen molar-refractivity contribution in [3.63, 3.8) is 0 Å². The van der Waals surface area contributed by atoms with Crippen molar-refractivity contribution in [2.45, 2.75) is 19.3 Å². The number of hydrogen-bond acceptors (Lipinski definition) is 4. The van der Waals surface area contributed by atoms with Gasteiger partial charge in [-0.2, -0.15) is 0 Å². The van der Waals surface area contributed by atoms with E-state index in [1.54, 1.807) is 12.1 Å². The molecule has 0 amide bonds. The fraction of sp³-hybridized carbons (Fsp3) is 0.500. The lowest BCUT2D eigenvalue weighted by atomic mass is 9.96. The number of aliphatic hydroxyl groups is 1. The lowest BCUT2D eigenvalue weighted by Gasteiger charge is -2.12. The molecule has 1 aromatic rings. The molecule has 0 saturated heterocycles. The summed E-state index contributed by atoms with van der Waals surface area (Å²) in [6, 6.07) is 4.73. The maximum atomic E-state index is 10.9. The Morgan fingerprint density at radius 3 is 2.71 bits per heavy atom. The number of nitro benzene ring substituents is 1. The van der Waals surface area contributed by atoms with E-state index < -0.39 is 0 Å². The van der Waals surface area contributed by atoms with E-state index in [-0.39, 0.29) is 22.6 Å². The largest absolute Gasteiger partial charge is 0.497 e. The van der Waals surface area contributed by atoms with E-state index in [0.29, 0.717) is 17.7 Å². The summed E-state index contributed by atoms with van der Waals surface area (Å²) in [4.78, 5) is 10.5. The number of nitro groups is 1. The second-order valence-electron chi connectivity index (χ2n) is 4.59. The summed E-state index contributed by atoms with van der Waals surface area (Å²) in [5, 5.41) is 20.2. The van der Waals surface area contributed by atoms with E-state index in [9.17, 15) is 15.2 Å². The number of ether oxygens (including phenoxy) is 1. The Morgan fingerprint density at radius 1 is 1.53 bits per heavy atom. The molecule has 2 rings (SSSR count). The predicted octanol–water partition coefficient (Wildman–Crippen LogP) is 1.92. The molecule has 1 aromatic carbocycles. The van der Waals surface area contributed by atoms with Crippen LogP contribution in [0.5, 0.6) is 5.75 Å². The molecule has 0 unspecified atom stereocenters. The Morgan fingerprint density at radius 2 is 2.24 bits per heavy atom. The first-order chi connectivity index (χ1) is 8.10. The van der Waals surface area contributed by atoms with E-state index in [2.05, 4.69) is 0 Å². The summed E-state index contributed by atoms with van der Waals surface area (Å²) >= 11 is 0. The number of hydrogen-bond donors (Lipinski definition) is 1. The first kappa shape index (κ1) is 11.9. The molecule has 0 spiro atoms. The third-order valence-corrected chi connectivity index (χ3v) is 3.34. The van der Waals surface area contributed by atoms with Gasteiger partial charge in [0.15, 0.2) is 0 Å². The van der Waals surface area contributed by atoms with Crippen molar-refractivity contribution in [2.24, 2.45) is 5.41 Å². The fourth-order valence-electron chi connectivity index (χ4n) is 1.98. The van der Waals surface area contributed by atoms with E-state index in [1.807, 2.05) is 0 Å². The highest BCUT2D eigenvalue weighted by atomic mass is 16.6. The van der Waals surface area contributed by atoms with Crippen LogP contribution in [0.15, 0.2) is 18.2 Å². The molecule has 1 N–H and O–H groups in total. The van der Waals surface area contributed by atoms with Crippen LogP contribution in [0.3, 0.4) is 0 Å². The topological polar surface area (TPSA) is 72.6 Å². The smallest absolute Gasteiger partial charge is 0.272 e. The number of nitrogens with zero attached hydrogens (tertiary/aromatic N) is 1. The summed E-state index contributed by atoms with van der Waals surface area (Å²) in [6.45, 7) is 0.0847. The molecular weight excluding hydrogens is 222 g/mol. The van der Waals surface area contributed by atoms with E-state index in [0.717, 1.165) is 12.8 Å². The zero-order valence-corrected chi connectivity index (χ0v) is 9.68. The molecule has 0 aromatic heterocycles. The van der Waals surface area contributed by atoms with Crippen LogP contribution in [-0.2, 0) is 6.42 Å². The van der Waals surface area contributed by atoms with Gasteiger partial charge >= 0.3 is 0 Å². The molecule has 0 heterocycles. The lowest BCUT2D eigenvalue weighted by molar-refractivity contribution is -0.385. The Kier molecular flexibility index (Phi) is 3.02. The van der Waals surface area contributed by atoms with Gasteiger partial charge < -0.3 is 9.84 Å². The second-order valence-corrected chi connectivity index (χ2v) is 4.59. The predicted molar refractivity (Wildman–Crippen MR) is 62.1 cm³/mol. The molecule has 92 valence electrons. The van der Waals surface area contributed by atoms with Crippen molar-refractivity contribution in [1.82, 2.24) is 0 Å². The van der Waals surface area contributed by atoms with Gasteiger partial charge in [-0.05, 0) is 36.8 Å². The van der Waals surface area contributed by atoms with Crippen molar-refractivity contribution in [3.05, 3.63) is 33.9 Å². The van der Waals surface area contributed by atoms with E-state index in [1.165, 1.54) is 13.2 Å². The zero-order chi connectivity index (χ0) is 12.5. The van der Waals surface area contributed by atoms with Crippen LogP contribution in [0.4, 0.5) is 5.69 Å². The maximum Gasteiger partial charge on any atom is 0.272 e. The third kappa shape index (κ3) is 2.39. The minimum atomic E-state index is -0.387. The van der Waals surface area contributed by atoms with Crippen LogP contribution in [0.2, 0.25) is 0 Å². The van der Waals surface area contributed by atoms with Gasteiger partial charge in [0.2, 0.25) is 0 Å². The summed E-state index contributed by atoms with van der Waals surface area (Å²) in [5.41, 5.74) is 0.600. The van der Waals surface area contributed by atoms with Crippen molar-refractivity contribution < 1.29 is 14.8 Å². The van der Waals surface area contributed by atoms with Crippen molar-refractivity contribution in [1.29, 1.82) is 0 Å². The average molecular weight is 237 g/mol. The molecule has 0 aliphatic heterocycles. The molecule has 1 fully saturated rings. The molecule has 5 heteroatoms. The highest BCUT2D eigenvalue weighted by Gasteiger charge is 2.43. The molecule has 1 aliphatic rings. The van der Waals surface area contributed by atoms with Crippen molar-refractivity contribution >= 4 is 5.69 Å². The van der Waals surface area contributed by atoms with E-state index >= 15 is 0 Å². The Bertz CT molecular complexity index is 440. The van der Waals surface area contributed by atoms with Crippen molar-refractivity contribution in [3.8, 4) is 5.75 Å². The molecular formula is C12H15NO4. The zero-order valence-electron chi connectivity index (χ0n) is 9.68. The fourth-order valence-corrected chi connectivity index (χ4v) is 1.98. The van der Waals surface area contributed by atoms with Gasteiger partial charge in [-0.3, -0.25) is 10.1 Å². The van der Waals surface area contributed by atoms with Gasteiger partial charge in [0.05, 0.1) is 12.0 Å². The van der Waals surface area contributed by atoms with Crippen LogP contribution in [0.25, 0.3) is 0 Å². The first-order valence-electron chi connectivity index (χ1n) is 5.52. The highest BCUT2D eigenvalue weighted by Crippen LogP contribution is 2.49.